The molecular formula is C10H14N4O3S2. The van der Waals surface area contributed by atoms with Crippen LogP contribution in [0.5, 0.6) is 0 Å². The Morgan fingerprint density at radius 1 is 1.42 bits per heavy atom. The van der Waals surface area contributed by atoms with Crippen LogP contribution in [0.4, 0.5) is 0 Å². The molecule has 2 rings (SSSR count). The van der Waals surface area contributed by atoms with Crippen LogP contribution in [0, 0.1) is 6.92 Å². The summed E-state index contributed by atoms with van der Waals surface area (Å²) < 4.78 is 31.6. The van der Waals surface area contributed by atoms with Gasteiger partial charge < -0.3 is 9.84 Å². The maximum atomic E-state index is 12.0. The van der Waals surface area contributed by atoms with E-state index in [1.54, 1.807) is 13.0 Å². The summed E-state index contributed by atoms with van der Waals surface area (Å²) in [6.07, 6.45) is 0. The van der Waals surface area contributed by atoms with Crippen molar-refractivity contribution in [2.75, 3.05) is 7.05 Å². The molecular weight excluding hydrogens is 288 g/mol. The summed E-state index contributed by atoms with van der Waals surface area (Å²) in [5.74, 6) is 0.717. The van der Waals surface area contributed by atoms with Gasteiger partial charge in [0.1, 0.15) is 4.21 Å². The number of sulfonamides is 1. The summed E-state index contributed by atoms with van der Waals surface area (Å²) in [4.78, 5) is 3.93. The molecule has 0 saturated carbocycles. The molecule has 0 aliphatic rings. The van der Waals surface area contributed by atoms with E-state index in [4.69, 9.17) is 4.52 Å². The molecule has 0 spiro atoms. The standard InChI is InChI=1S/C10H14N4O3S2/c1-7-13-9(17-14-7)5-12-19(15,16)10-3-8(4-11-2)6-18-10/h3,6,11-12H,4-5H2,1-2H3. The quantitative estimate of drug-likeness (QED) is 0.812. The lowest BCUT2D eigenvalue weighted by atomic mass is 10.3. The van der Waals surface area contributed by atoms with E-state index in [0.717, 1.165) is 5.56 Å². The zero-order chi connectivity index (χ0) is 13.9. The van der Waals surface area contributed by atoms with Crippen molar-refractivity contribution >= 4 is 21.4 Å². The molecule has 2 aromatic rings. The number of thiophene rings is 1. The van der Waals surface area contributed by atoms with Gasteiger partial charge in [0.05, 0.1) is 6.54 Å². The smallest absolute Gasteiger partial charge is 0.250 e. The van der Waals surface area contributed by atoms with Gasteiger partial charge in [0.2, 0.25) is 5.89 Å². The Hall–Kier alpha value is -1.29. The van der Waals surface area contributed by atoms with Crippen LogP contribution in [0.2, 0.25) is 0 Å². The molecule has 2 heterocycles. The van der Waals surface area contributed by atoms with Gasteiger partial charge in [-0.3, -0.25) is 0 Å². The molecule has 9 heteroatoms. The SMILES string of the molecule is CNCc1csc(S(=O)(=O)NCc2nc(C)no2)c1. The van der Waals surface area contributed by atoms with Gasteiger partial charge in [-0.15, -0.1) is 11.3 Å². The summed E-state index contributed by atoms with van der Waals surface area (Å²) in [5, 5.41) is 8.37. The molecule has 19 heavy (non-hydrogen) atoms. The van der Waals surface area contributed by atoms with Gasteiger partial charge in [-0.05, 0) is 31.0 Å². The molecule has 0 atom stereocenters. The topological polar surface area (TPSA) is 97.1 Å². The van der Waals surface area contributed by atoms with E-state index >= 15 is 0 Å². The Bertz CT molecular complexity index is 647. The minimum Gasteiger partial charge on any atom is -0.338 e. The van der Waals surface area contributed by atoms with E-state index in [1.165, 1.54) is 11.3 Å². The molecule has 0 fully saturated rings. The Labute approximate surface area is 115 Å². The molecule has 0 amide bonds. The van der Waals surface area contributed by atoms with Gasteiger partial charge >= 0.3 is 0 Å². The number of nitrogens with zero attached hydrogens (tertiary/aromatic N) is 2. The molecule has 0 unspecified atom stereocenters. The average molecular weight is 302 g/mol. The van der Waals surface area contributed by atoms with Gasteiger partial charge in [0.25, 0.3) is 10.0 Å². The highest BCUT2D eigenvalue weighted by atomic mass is 32.2. The Kier molecular flexibility index (Phi) is 4.30. The van der Waals surface area contributed by atoms with Crippen molar-refractivity contribution in [2.45, 2.75) is 24.2 Å². The first-order chi connectivity index (χ1) is 9.01. The summed E-state index contributed by atoms with van der Waals surface area (Å²) in [5.41, 5.74) is 0.932. The molecule has 0 saturated heterocycles. The summed E-state index contributed by atoms with van der Waals surface area (Å²) in [7, 11) is -1.73. The lowest BCUT2D eigenvalue weighted by Crippen LogP contribution is -2.22. The number of hydrogen-bond donors (Lipinski definition) is 2. The summed E-state index contributed by atoms with van der Waals surface area (Å²) in [6, 6.07) is 1.64. The highest BCUT2D eigenvalue weighted by Gasteiger charge is 2.17. The summed E-state index contributed by atoms with van der Waals surface area (Å²) >= 11 is 1.18. The van der Waals surface area contributed by atoms with E-state index in [9.17, 15) is 8.42 Å². The van der Waals surface area contributed by atoms with E-state index in [-0.39, 0.29) is 16.6 Å². The Balaban J connectivity index is 2.04. The van der Waals surface area contributed by atoms with E-state index in [2.05, 4.69) is 20.2 Å². The molecule has 0 radical (unpaired) electrons. The maximum absolute atomic E-state index is 12.0. The highest BCUT2D eigenvalue weighted by Crippen LogP contribution is 2.20. The number of aryl methyl sites for hydroxylation is 1. The fourth-order valence-electron chi connectivity index (χ4n) is 1.43. The number of rotatable bonds is 6. The molecule has 7 nitrogen and oxygen atoms in total. The van der Waals surface area contributed by atoms with E-state index < -0.39 is 10.0 Å². The maximum Gasteiger partial charge on any atom is 0.250 e. The fraction of sp³-hybridized carbons (Fsp3) is 0.400. The lowest BCUT2D eigenvalue weighted by Gasteiger charge is -2.01. The minimum absolute atomic E-state index is 0.0115. The number of aromatic nitrogens is 2. The van der Waals surface area contributed by atoms with Gasteiger partial charge in [-0.25, -0.2) is 13.1 Å². The monoisotopic (exact) mass is 302 g/mol. The van der Waals surface area contributed by atoms with Crippen molar-refractivity contribution in [2.24, 2.45) is 0 Å². The lowest BCUT2D eigenvalue weighted by molar-refractivity contribution is 0.372. The van der Waals surface area contributed by atoms with E-state index in [1.807, 2.05) is 12.4 Å². The first-order valence-corrected chi connectivity index (χ1v) is 7.88. The van der Waals surface area contributed by atoms with Crippen molar-refractivity contribution in [3.63, 3.8) is 0 Å². The molecule has 104 valence electrons. The second-order valence-electron chi connectivity index (χ2n) is 3.86. The molecule has 0 aromatic carbocycles. The number of hydrogen-bond acceptors (Lipinski definition) is 7. The van der Waals surface area contributed by atoms with E-state index in [0.29, 0.717) is 12.4 Å². The van der Waals surface area contributed by atoms with Crippen molar-refractivity contribution in [1.29, 1.82) is 0 Å². The minimum atomic E-state index is -3.53. The zero-order valence-electron chi connectivity index (χ0n) is 10.5. The first-order valence-electron chi connectivity index (χ1n) is 5.52. The molecule has 0 aliphatic heterocycles. The second-order valence-corrected chi connectivity index (χ2v) is 6.77. The van der Waals surface area contributed by atoms with Gasteiger partial charge in [-0.2, -0.15) is 4.98 Å². The van der Waals surface area contributed by atoms with Crippen LogP contribution < -0.4 is 10.0 Å². The third-order valence-electron chi connectivity index (χ3n) is 2.26. The molecule has 0 bridgehead atoms. The normalized spacial score (nSPS) is 11.9. The van der Waals surface area contributed by atoms with Gasteiger partial charge in [-0.1, -0.05) is 5.16 Å². The molecule has 2 aromatic heterocycles. The van der Waals surface area contributed by atoms with Crippen molar-refractivity contribution < 1.29 is 12.9 Å². The second kappa shape index (κ2) is 5.78. The number of nitrogens with one attached hydrogen (secondary N) is 2. The van der Waals surface area contributed by atoms with Crippen LogP contribution in [0.3, 0.4) is 0 Å². The Morgan fingerprint density at radius 3 is 2.84 bits per heavy atom. The predicted octanol–water partition coefficient (Wildman–Crippen LogP) is 0.637. The Morgan fingerprint density at radius 2 is 2.21 bits per heavy atom. The van der Waals surface area contributed by atoms with Crippen LogP contribution in [0.1, 0.15) is 17.3 Å². The van der Waals surface area contributed by atoms with Crippen LogP contribution in [-0.2, 0) is 23.1 Å². The van der Waals surface area contributed by atoms with Crippen molar-refractivity contribution in [1.82, 2.24) is 20.2 Å². The van der Waals surface area contributed by atoms with Crippen LogP contribution in [0.25, 0.3) is 0 Å². The van der Waals surface area contributed by atoms with Gasteiger partial charge in [0.15, 0.2) is 5.82 Å². The average Bonchev–Trinajstić information content (AvgIpc) is 2.97. The fourth-order valence-corrected chi connectivity index (χ4v) is 3.66. The molecule has 2 N–H and O–H groups in total. The zero-order valence-corrected chi connectivity index (χ0v) is 12.1. The van der Waals surface area contributed by atoms with Gasteiger partial charge in [0, 0.05) is 6.54 Å². The largest absolute Gasteiger partial charge is 0.338 e. The highest BCUT2D eigenvalue weighted by molar-refractivity contribution is 7.91. The van der Waals surface area contributed by atoms with Crippen LogP contribution in [0.15, 0.2) is 20.2 Å². The van der Waals surface area contributed by atoms with Crippen LogP contribution in [-0.4, -0.2) is 25.6 Å². The van der Waals surface area contributed by atoms with Crippen molar-refractivity contribution in [3.05, 3.63) is 28.7 Å². The van der Waals surface area contributed by atoms with Crippen molar-refractivity contribution in [3.8, 4) is 0 Å². The van der Waals surface area contributed by atoms with Crippen LogP contribution >= 0.6 is 11.3 Å². The third-order valence-corrected chi connectivity index (χ3v) is 5.15. The summed E-state index contributed by atoms with van der Waals surface area (Å²) in [6.45, 7) is 2.29. The molecule has 0 aliphatic carbocycles. The predicted molar refractivity (Wildman–Crippen MR) is 70.1 cm³/mol. The first kappa shape index (κ1) is 14.1. The third kappa shape index (κ3) is 3.60.